The first-order chi connectivity index (χ1) is 8.35. The number of thiazole rings is 1. The molecule has 100 valence electrons. The highest BCUT2D eigenvalue weighted by molar-refractivity contribution is 7.09. The summed E-state index contributed by atoms with van der Waals surface area (Å²) >= 11 is 1.60. The Morgan fingerprint density at radius 1 is 1.56 bits per heavy atom. The Morgan fingerprint density at radius 3 is 2.67 bits per heavy atom. The van der Waals surface area contributed by atoms with Crippen molar-refractivity contribution in [3.05, 3.63) is 16.1 Å². The van der Waals surface area contributed by atoms with Gasteiger partial charge in [0.1, 0.15) is 10.6 Å². The fourth-order valence-electron chi connectivity index (χ4n) is 1.76. The van der Waals surface area contributed by atoms with E-state index in [-0.39, 0.29) is 12.1 Å². The molecule has 1 heterocycles. The number of aromatic nitrogens is 1. The predicted octanol–water partition coefficient (Wildman–Crippen LogP) is 3.43. The number of alkyl carbamates (subject to hydrolysis) is 1. The zero-order valence-electron chi connectivity index (χ0n) is 11.3. The Labute approximate surface area is 112 Å². The van der Waals surface area contributed by atoms with Gasteiger partial charge in [0.25, 0.3) is 0 Å². The van der Waals surface area contributed by atoms with Crippen molar-refractivity contribution in [3.63, 3.8) is 0 Å². The van der Waals surface area contributed by atoms with Crippen LogP contribution in [0, 0.1) is 12.8 Å². The number of carbonyl (C=O) groups is 1. The monoisotopic (exact) mass is 268 g/mol. The van der Waals surface area contributed by atoms with Crippen molar-refractivity contribution in [1.82, 2.24) is 10.3 Å². The van der Waals surface area contributed by atoms with E-state index in [4.69, 9.17) is 4.74 Å². The van der Waals surface area contributed by atoms with Crippen molar-refractivity contribution in [1.29, 1.82) is 0 Å². The van der Waals surface area contributed by atoms with Gasteiger partial charge in [0.15, 0.2) is 0 Å². The Hall–Kier alpha value is -1.10. The first kappa shape index (κ1) is 13.3. The molecule has 5 heteroatoms. The van der Waals surface area contributed by atoms with Crippen LogP contribution in [0.25, 0.3) is 0 Å². The third-order valence-electron chi connectivity index (χ3n) is 2.67. The summed E-state index contributed by atoms with van der Waals surface area (Å²) in [5.41, 5.74) is 0.545. The number of nitrogens with zero attached hydrogens (tertiary/aromatic N) is 1. The average molecular weight is 268 g/mol. The molecule has 1 aliphatic rings. The van der Waals surface area contributed by atoms with Crippen molar-refractivity contribution in [2.45, 2.75) is 52.2 Å². The normalized spacial score (nSPS) is 17.3. The molecular formula is C13H20N2O2S. The Morgan fingerprint density at radius 2 is 2.22 bits per heavy atom. The third kappa shape index (κ3) is 3.70. The number of nitrogens with one attached hydrogen (secondary N) is 1. The summed E-state index contributed by atoms with van der Waals surface area (Å²) in [5, 5.41) is 5.95. The van der Waals surface area contributed by atoms with E-state index in [2.05, 4.69) is 10.3 Å². The van der Waals surface area contributed by atoms with Gasteiger partial charge in [-0.3, -0.25) is 0 Å². The summed E-state index contributed by atoms with van der Waals surface area (Å²) in [6.07, 6.45) is 1.95. The van der Waals surface area contributed by atoms with Crippen LogP contribution in [0.1, 0.15) is 50.4 Å². The second-order valence-electron chi connectivity index (χ2n) is 5.79. The maximum absolute atomic E-state index is 11.8. The van der Waals surface area contributed by atoms with E-state index in [1.54, 1.807) is 11.3 Å². The lowest BCUT2D eigenvalue weighted by atomic mass is 10.2. The highest BCUT2D eigenvalue weighted by atomic mass is 32.1. The molecule has 1 aromatic rings. The lowest BCUT2D eigenvalue weighted by Crippen LogP contribution is -2.35. The van der Waals surface area contributed by atoms with Crippen LogP contribution in [-0.2, 0) is 4.74 Å². The molecule has 0 unspecified atom stereocenters. The summed E-state index contributed by atoms with van der Waals surface area (Å²) in [4.78, 5) is 16.3. The topological polar surface area (TPSA) is 51.2 Å². The molecular weight excluding hydrogens is 248 g/mol. The van der Waals surface area contributed by atoms with E-state index in [0.717, 1.165) is 23.5 Å². The van der Waals surface area contributed by atoms with Gasteiger partial charge in [-0.25, -0.2) is 9.78 Å². The van der Waals surface area contributed by atoms with Gasteiger partial charge < -0.3 is 10.1 Å². The quantitative estimate of drug-likeness (QED) is 0.913. The third-order valence-corrected chi connectivity index (χ3v) is 3.71. The van der Waals surface area contributed by atoms with Gasteiger partial charge in [0, 0.05) is 11.1 Å². The van der Waals surface area contributed by atoms with E-state index >= 15 is 0 Å². The van der Waals surface area contributed by atoms with Gasteiger partial charge in [-0.2, -0.15) is 0 Å². The minimum absolute atomic E-state index is 0.0125. The van der Waals surface area contributed by atoms with Crippen molar-refractivity contribution in [3.8, 4) is 0 Å². The minimum atomic E-state index is -0.461. The molecule has 1 amide bonds. The molecule has 0 bridgehead atoms. The van der Waals surface area contributed by atoms with Crippen molar-refractivity contribution < 1.29 is 9.53 Å². The highest BCUT2D eigenvalue weighted by Gasteiger charge is 2.36. The van der Waals surface area contributed by atoms with Gasteiger partial charge in [-0.15, -0.1) is 11.3 Å². The Balaban J connectivity index is 2.01. The van der Waals surface area contributed by atoms with Crippen LogP contribution in [0.2, 0.25) is 0 Å². The number of ether oxygens (including phenoxy) is 1. The van der Waals surface area contributed by atoms with Crippen LogP contribution in [0.5, 0.6) is 0 Å². The SMILES string of the molecule is Cc1csc([C@H](NC(=O)OC(C)(C)C)C2CC2)n1. The van der Waals surface area contributed by atoms with Crippen LogP contribution < -0.4 is 5.32 Å². The molecule has 0 aromatic carbocycles. The van der Waals surface area contributed by atoms with Gasteiger partial charge in [-0.05, 0) is 46.5 Å². The van der Waals surface area contributed by atoms with Gasteiger partial charge in [0.05, 0.1) is 6.04 Å². The minimum Gasteiger partial charge on any atom is -0.444 e. The smallest absolute Gasteiger partial charge is 0.408 e. The molecule has 1 aliphatic carbocycles. The van der Waals surface area contributed by atoms with Crippen molar-refractivity contribution in [2.75, 3.05) is 0 Å². The van der Waals surface area contributed by atoms with E-state index in [9.17, 15) is 4.79 Å². The Bertz CT molecular complexity index is 432. The zero-order valence-corrected chi connectivity index (χ0v) is 12.1. The first-order valence-electron chi connectivity index (χ1n) is 6.27. The molecule has 1 aromatic heterocycles. The maximum atomic E-state index is 11.8. The number of amides is 1. The second-order valence-corrected chi connectivity index (χ2v) is 6.68. The average Bonchev–Trinajstić information content (AvgIpc) is 2.95. The summed E-state index contributed by atoms with van der Waals surface area (Å²) in [6.45, 7) is 7.57. The molecule has 0 spiro atoms. The molecule has 1 atom stereocenters. The van der Waals surface area contributed by atoms with Crippen molar-refractivity contribution in [2.24, 2.45) is 5.92 Å². The first-order valence-corrected chi connectivity index (χ1v) is 7.14. The van der Waals surface area contributed by atoms with E-state index in [1.807, 2.05) is 33.1 Å². The predicted molar refractivity (Wildman–Crippen MR) is 71.7 cm³/mol. The van der Waals surface area contributed by atoms with Crippen LogP contribution in [0.15, 0.2) is 5.38 Å². The van der Waals surface area contributed by atoms with Crippen LogP contribution in [-0.4, -0.2) is 16.7 Å². The summed E-state index contributed by atoms with van der Waals surface area (Å²) in [7, 11) is 0. The largest absolute Gasteiger partial charge is 0.444 e. The zero-order chi connectivity index (χ0) is 13.3. The Kier molecular flexibility index (Phi) is 3.61. The van der Waals surface area contributed by atoms with E-state index < -0.39 is 5.60 Å². The molecule has 1 fully saturated rings. The molecule has 4 nitrogen and oxygen atoms in total. The van der Waals surface area contributed by atoms with E-state index in [0.29, 0.717) is 5.92 Å². The lowest BCUT2D eigenvalue weighted by molar-refractivity contribution is 0.0497. The number of rotatable bonds is 3. The summed E-state index contributed by atoms with van der Waals surface area (Å²) in [5.74, 6) is 0.517. The van der Waals surface area contributed by atoms with Crippen LogP contribution in [0.4, 0.5) is 4.79 Å². The number of carbonyl (C=O) groups excluding carboxylic acids is 1. The highest BCUT2D eigenvalue weighted by Crippen LogP contribution is 2.41. The molecule has 0 saturated heterocycles. The summed E-state index contributed by atoms with van der Waals surface area (Å²) < 4.78 is 5.30. The second kappa shape index (κ2) is 4.88. The number of hydrogen-bond donors (Lipinski definition) is 1. The standard InChI is InChI=1S/C13H20N2O2S/c1-8-7-18-11(14-8)10(9-5-6-9)15-12(16)17-13(2,3)4/h7,9-10H,5-6H2,1-4H3,(H,15,16)/t10-/m1/s1. The van der Waals surface area contributed by atoms with Gasteiger partial charge >= 0.3 is 6.09 Å². The number of hydrogen-bond acceptors (Lipinski definition) is 4. The van der Waals surface area contributed by atoms with Crippen LogP contribution in [0.3, 0.4) is 0 Å². The molecule has 2 rings (SSSR count). The van der Waals surface area contributed by atoms with Gasteiger partial charge in [0.2, 0.25) is 0 Å². The number of aryl methyl sites for hydroxylation is 1. The van der Waals surface area contributed by atoms with Crippen molar-refractivity contribution >= 4 is 17.4 Å². The molecule has 0 aliphatic heterocycles. The molecule has 0 radical (unpaired) electrons. The summed E-state index contributed by atoms with van der Waals surface area (Å²) in [6, 6.07) is 0.0125. The van der Waals surface area contributed by atoms with Crippen LogP contribution >= 0.6 is 11.3 Å². The lowest BCUT2D eigenvalue weighted by Gasteiger charge is -2.22. The fourth-order valence-corrected chi connectivity index (χ4v) is 2.70. The molecule has 1 saturated carbocycles. The fraction of sp³-hybridized carbons (Fsp3) is 0.692. The van der Waals surface area contributed by atoms with E-state index in [1.165, 1.54) is 0 Å². The maximum Gasteiger partial charge on any atom is 0.408 e. The molecule has 1 N–H and O–H groups in total. The molecule has 18 heavy (non-hydrogen) atoms. The van der Waals surface area contributed by atoms with Gasteiger partial charge in [-0.1, -0.05) is 0 Å².